The van der Waals surface area contributed by atoms with Crippen LogP contribution in [0.2, 0.25) is 0 Å². The summed E-state index contributed by atoms with van der Waals surface area (Å²) < 4.78 is 17.2. The maximum atomic E-state index is 5.90. The molecule has 9 heteroatoms. The lowest BCUT2D eigenvalue weighted by molar-refractivity contribution is 0.427. The normalized spacial score (nSPS) is 15.4. The lowest BCUT2D eigenvalue weighted by atomic mass is 9.61. The molecule has 0 N–H and O–H groups in total. The number of ether oxygens (including phenoxy) is 2. The highest BCUT2D eigenvalue weighted by molar-refractivity contribution is 7.45. The van der Waals surface area contributed by atoms with Crippen molar-refractivity contribution in [2.45, 2.75) is 18.3 Å². The Morgan fingerprint density at radius 3 is 1.73 bits per heavy atom. The fourth-order valence-corrected chi connectivity index (χ4v) is 25.0. The molecule has 3 nitrogen and oxygen atoms in total. The molecule has 15 rings (SSSR count). The molecule has 6 aromatic carbocycles. The first-order valence-corrected chi connectivity index (χ1v) is 27.9. The van der Waals surface area contributed by atoms with Crippen molar-refractivity contribution >= 4 is 132 Å². The molecule has 0 atom stereocenters. The molecule has 0 amide bonds. The van der Waals surface area contributed by atoms with Crippen LogP contribution in [0, 0.1) is 0 Å². The molecule has 6 heterocycles. The summed E-state index contributed by atoms with van der Waals surface area (Å²) in [5, 5.41) is 14.9. The molecule has 11 aromatic rings. The van der Waals surface area contributed by atoms with E-state index in [1.165, 1.54) is 122 Å². The zero-order chi connectivity index (χ0) is 42.1. The number of hydrogen-bond donors (Lipinski definition) is 0. The first-order valence-electron chi connectivity index (χ1n) is 21.7. The van der Waals surface area contributed by atoms with E-state index in [1.807, 2.05) is 34.0 Å². The van der Waals surface area contributed by atoms with E-state index in [4.69, 9.17) is 9.47 Å². The number of nitrogens with zero attached hydrogens (tertiary/aromatic N) is 1. The molecule has 0 saturated carbocycles. The number of benzene rings is 6. The van der Waals surface area contributed by atoms with Gasteiger partial charge in [-0.2, -0.15) is 0 Å². The van der Waals surface area contributed by atoms with E-state index < -0.39 is 8.07 Å². The molecule has 5 aromatic heterocycles. The Balaban J connectivity index is 1.03. The molecule has 3 aliphatic carbocycles. The van der Waals surface area contributed by atoms with Crippen molar-refractivity contribution in [2.24, 2.45) is 0 Å². The van der Waals surface area contributed by atoms with E-state index in [2.05, 4.69) is 155 Å². The van der Waals surface area contributed by atoms with Crippen LogP contribution in [0.15, 0.2) is 150 Å². The lowest BCUT2D eigenvalue weighted by Gasteiger charge is -2.43. The number of thiophene rings is 5. The summed E-state index contributed by atoms with van der Waals surface area (Å²) in [6, 6.07) is 54.1. The number of para-hydroxylation sites is 2. The standard InChI is InChI=1S/C55H35NO2S5Si/c1-57-44-22-24-46(61-44)64(47-25-23-45(58-2)62-47)42-12-5-3-9-39(42)56(40-10-4-6-13-43(40)64)41-11-7-8-32-33-19-21-36-50(52(33)63-51(32)41)34-18-16-30-14-15-31-17-20-35(49(34)48(30)31)55(36)37-26-28-59-53(37)54-38(55)27-29-60-54/h3-13,16-29H,14-15H2,1-2H3. The van der Waals surface area contributed by atoms with Gasteiger partial charge in [0.1, 0.15) is 0 Å². The highest BCUT2D eigenvalue weighted by Crippen LogP contribution is 2.66. The van der Waals surface area contributed by atoms with E-state index in [9.17, 15) is 0 Å². The molecule has 1 aliphatic heterocycles. The predicted octanol–water partition coefficient (Wildman–Crippen LogP) is 13.1. The quantitative estimate of drug-likeness (QED) is 0.161. The number of rotatable bonds is 5. The molecule has 0 bridgehead atoms. The summed E-state index contributed by atoms with van der Waals surface area (Å²) in [5.74, 6) is 0. The Labute approximate surface area is 390 Å². The third kappa shape index (κ3) is 4.28. The van der Waals surface area contributed by atoms with Crippen LogP contribution in [0.3, 0.4) is 0 Å². The van der Waals surface area contributed by atoms with Crippen molar-refractivity contribution in [2.75, 3.05) is 19.1 Å². The Morgan fingerprint density at radius 2 is 1.09 bits per heavy atom. The van der Waals surface area contributed by atoms with Crippen LogP contribution < -0.4 is 33.7 Å². The number of hydrogen-bond acceptors (Lipinski definition) is 8. The van der Waals surface area contributed by atoms with Crippen molar-refractivity contribution < 1.29 is 9.47 Å². The molecular weight excluding hydrogens is 895 g/mol. The average Bonchev–Trinajstić information content (AvgIpc) is 4.21. The first-order chi connectivity index (χ1) is 31.6. The van der Waals surface area contributed by atoms with E-state index in [1.54, 1.807) is 36.9 Å². The van der Waals surface area contributed by atoms with Gasteiger partial charge in [-0.25, -0.2) is 0 Å². The van der Waals surface area contributed by atoms with Gasteiger partial charge < -0.3 is 14.4 Å². The molecule has 0 radical (unpaired) electrons. The summed E-state index contributed by atoms with van der Waals surface area (Å²) >= 11 is 9.36. The highest BCUT2D eigenvalue weighted by atomic mass is 32.1. The summed E-state index contributed by atoms with van der Waals surface area (Å²) in [4.78, 5) is 5.46. The summed E-state index contributed by atoms with van der Waals surface area (Å²) in [5.41, 5.74) is 14.9. The van der Waals surface area contributed by atoms with Gasteiger partial charge in [-0.1, -0.05) is 84.9 Å². The zero-order valence-corrected chi connectivity index (χ0v) is 39.7. The minimum absolute atomic E-state index is 0.367. The molecule has 64 heavy (non-hydrogen) atoms. The Hall–Kier alpha value is -5.78. The van der Waals surface area contributed by atoms with Gasteiger partial charge >= 0.3 is 0 Å². The maximum Gasteiger partial charge on any atom is 0.206 e. The Kier molecular flexibility index (Phi) is 7.39. The molecule has 306 valence electrons. The smallest absolute Gasteiger partial charge is 0.206 e. The maximum absolute atomic E-state index is 5.90. The summed E-state index contributed by atoms with van der Waals surface area (Å²) in [6.45, 7) is 0. The minimum Gasteiger partial charge on any atom is -0.487 e. The Bertz CT molecular complexity index is 3680. The molecule has 0 fully saturated rings. The van der Waals surface area contributed by atoms with Crippen LogP contribution in [0.4, 0.5) is 17.1 Å². The average molecular weight is 930 g/mol. The van der Waals surface area contributed by atoms with Crippen molar-refractivity contribution in [1.82, 2.24) is 0 Å². The van der Waals surface area contributed by atoms with Crippen molar-refractivity contribution in [3.8, 4) is 31.0 Å². The van der Waals surface area contributed by atoms with E-state index in [0.717, 1.165) is 23.0 Å². The molecule has 0 unspecified atom stereocenters. The van der Waals surface area contributed by atoms with Gasteiger partial charge in [0, 0.05) is 51.2 Å². The van der Waals surface area contributed by atoms with Crippen LogP contribution in [0.5, 0.6) is 10.1 Å². The second-order valence-electron chi connectivity index (χ2n) is 17.3. The number of methoxy groups -OCH3 is 2. The lowest BCUT2D eigenvalue weighted by Crippen LogP contribution is -2.76. The predicted molar refractivity (Wildman–Crippen MR) is 277 cm³/mol. The van der Waals surface area contributed by atoms with Gasteiger partial charge in [-0.05, 0) is 138 Å². The van der Waals surface area contributed by atoms with Crippen LogP contribution >= 0.6 is 56.7 Å². The molecule has 4 aliphatic rings. The molecular formula is C55H35NO2S5Si. The second-order valence-corrected chi connectivity index (χ2v) is 26.6. The fraction of sp³-hybridized carbons (Fsp3) is 0.0909. The Morgan fingerprint density at radius 1 is 0.500 bits per heavy atom. The van der Waals surface area contributed by atoms with Gasteiger partial charge in [0.25, 0.3) is 0 Å². The van der Waals surface area contributed by atoms with E-state index in [-0.39, 0.29) is 5.41 Å². The van der Waals surface area contributed by atoms with Gasteiger partial charge in [0.15, 0.2) is 10.1 Å². The summed E-state index contributed by atoms with van der Waals surface area (Å²) in [6.07, 6.45) is 2.23. The van der Waals surface area contributed by atoms with Crippen molar-refractivity contribution in [3.05, 3.63) is 184 Å². The van der Waals surface area contributed by atoms with E-state index >= 15 is 0 Å². The number of anilines is 3. The van der Waals surface area contributed by atoms with Gasteiger partial charge in [-0.3, -0.25) is 0 Å². The molecule has 0 saturated heterocycles. The van der Waals surface area contributed by atoms with Crippen LogP contribution in [-0.4, -0.2) is 22.3 Å². The van der Waals surface area contributed by atoms with Gasteiger partial charge in [0.05, 0.1) is 30.0 Å². The fourth-order valence-electron chi connectivity index (χ4n) is 12.3. The number of aryl methyl sites for hydroxylation is 2. The second kappa shape index (κ2) is 12.9. The SMILES string of the molecule is COc1ccc([Si]2(c3ccc(OC)s3)c3ccccc3N(c3cccc4c3sc3c5c(ccc34)C3(c4ccsc4-c4sccc43)c3ccc4c6c(ccc-5c36)CC4)c3ccccc32)s1. The van der Waals surface area contributed by atoms with Crippen LogP contribution in [0.25, 0.3) is 51.8 Å². The number of fused-ring (bicyclic) bond motifs is 15. The highest BCUT2D eigenvalue weighted by Gasteiger charge is 2.53. The third-order valence-electron chi connectivity index (χ3n) is 14.7. The third-order valence-corrected chi connectivity index (χ3v) is 26.4. The van der Waals surface area contributed by atoms with Crippen molar-refractivity contribution in [3.63, 3.8) is 0 Å². The monoisotopic (exact) mass is 929 g/mol. The van der Waals surface area contributed by atoms with Crippen molar-refractivity contribution in [1.29, 1.82) is 0 Å². The van der Waals surface area contributed by atoms with E-state index in [0.29, 0.717) is 0 Å². The van der Waals surface area contributed by atoms with Crippen LogP contribution in [0.1, 0.15) is 33.4 Å². The van der Waals surface area contributed by atoms with Crippen LogP contribution in [-0.2, 0) is 18.3 Å². The topological polar surface area (TPSA) is 21.7 Å². The first kappa shape index (κ1) is 36.5. The van der Waals surface area contributed by atoms with Gasteiger partial charge in [0.2, 0.25) is 8.07 Å². The van der Waals surface area contributed by atoms with Gasteiger partial charge in [-0.15, -0.1) is 56.7 Å². The molecule has 1 spiro atoms. The largest absolute Gasteiger partial charge is 0.487 e. The summed E-state index contributed by atoms with van der Waals surface area (Å²) in [7, 11) is 0.709. The zero-order valence-electron chi connectivity index (χ0n) is 34.7. The minimum atomic E-state index is -2.85.